The molecule has 2 aromatic rings. The van der Waals surface area contributed by atoms with Crippen molar-refractivity contribution in [3.05, 3.63) is 47.4 Å². The van der Waals surface area contributed by atoms with Crippen molar-refractivity contribution in [2.45, 2.75) is 25.8 Å². The smallest absolute Gasteiger partial charge is 0.130 e. The summed E-state index contributed by atoms with van der Waals surface area (Å²) >= 11 is 0. The van der Waals surface area contributed by atoms with Crippen LogP contribution in [0, 0.1) is 6.92 Å². The monoisotopic (exact) mass is 325 g/mol. The topological polar surface area (TPSA) is 44.3 Å². The van der Waals surface area contributed by atoms with E-state index in [2.05, 4.69) is 59.3 Å². The molecule has 0 radical (unpaired) electrons. The summed E-state index contributed by atoms with van der Waals surface area (Å²) in [5.74, 6) is 1.49. The number of pyridine rings is 2. The molecule has 1 atom stereocenters. The Kier molecular flexibility index (Phi) is 5.00. The van der Waals surface area contributed by atoms with Gasteiger partial charge in [0.15, 0.2) is 0 Å². The lowest BCUT2D eigenvalue weighted by Gasteiger charge is -2.19. The molecule has 3 rings (SSSR count). The van der Waals surface area contributed by atoms with Gasteiger partial charge in [-0.05, 0) is 38.1 Å². The molecule has 128 valence electrons. The first-order valence-electron chi connectivity index (χ1n) is 8.56. The minimum Gasteiger partial charge on any atom is -0.378 e. The summed E-state index contributed by atoms with van der Waals surface area (Å²) in [6.45, 7) is 5.18. The lowest BCUT2D eigenvalue weighted by Crippen LogP contribution is -2.21. The Labute approximate surface area is 144 Å². The molecular weight excluding hydrogens is 298 g/mol. The van der Waals surface area contributed by atoms with Gasteiger partial charge < -0.3 is 10.2 Å². The first-order valence-corrected chi connectivity index (χ1v) is 8.56. The van der Waals surface area contributed by atoms with Crippen LogP contribution in [-0.2, 0) is 6.54 Å². The van der Waals surface area contributed by atoms with E-state index in [1.807, 2.05) is 19.3 Å². The fourth-order valence-corrected chi connectivity index (χ4v) is 3.39. The maximum Gasteiger partial charge on any atom is 0.130 e. The van der Waals surface area contributed by atoms with Crippen LogP contribution in [0.3, 0.4) is 0 Å². The van der Waals surface area contributed by atoms with Crippen molar-refractivity contribution >= 4 is 11.5 Å². The van der Waals surface area contributed by atoms with Gasteiger partial charge in [-0.3, -0.25) is 9.88 Å². The van der Waals surface area contributed by atoms with E-state index in [0.717, 1.165) is 31.1 Å². The summed E-state index contributed by atoms with van der Waals surface area (Å²) in [7, 11) is 6.10. The summed E-state index contributed by atoms with van der Waals surface area (Å²) in [6.07, 6.45) is 3.00. The number of hydrogen-bond donors (Lipinski definition) is 1. The summed E-state index contributed by atoms with van der Waals surface area (Å²) in [5.41, 5.74) is 4.81. The number of hydrogen-bond acceptors (Lipinski definition) is 5. The van der Waals surface area contributed by atoms with Crippen LogP contribution in [0.5, 0.6) is 0 Å². The number of nitrogens with zero attached hydrogens (tertiary/aromatic N) is 4. The minimum atomic E-state index is 0.512. The number of likely N-dealkylation sites (tertiary alicyclic amines) is 1. The normalized spacial score (nSPS) is 17.9. The van der Waals surface area contributed by atoms with Gasteiger partial charge in [0.1, 0.15) is 5.82 Å². The van der Waals surface area contributed by atoms with Gasteiger partial charge in [-0.1, -0.05) is 6.07 Å². The summed E-state index contributed by atoms with van der Waals surface area (Å²) in [4.78, 5) is 13.9. The number of anilines is 2. The summed E-state index contributed by atoms with van der Waals surface area (Å²) in [6, 6.07) is 8.55. The third-order valence-corrected chi connectivity index (χ3v) is 4.69. The highest BCUT2D eigenvalue weighted by Crippen LogP contribution is 2.30. The molecule has 1 aliphatic rings. The quantitative estimate of drug-likeness (QED) is 0.916. The van der Waals surface area contributed by atoms with Crippen LogP contribution in [0.15, 0.2) is 30.5 Å². The van der Waals surface area contributed by atoms with Gasteiger partial charge >= 0.3 is 0 Å². The van der Waals surface area contributed by atoms with Gasteiger partial charge in [0.25, 0.3) is 0 Å². The molecule has 0 aliphatic carbocycles. The van der Waals surface area contributed by atoms with Crippen LogP contribution in [0.2, 0.25) is 0 Å². The second-order valence-corrected chi connectivity index (χ2v) is 6.77. The fraction of sp³-hybridized carbons (Fsp3) is 0.474. The predicted molar refractivity (Wildman–Crippen MR) is 99.7 cm³/mol. The predicted octanol–water partition coefficient (Wildman–Crippen LogP) is 2.88. The third kappa shape index (κ3) is 3.67. The molecule has 0 unspecified atom stereocenters. The Morgan fingerprint density at radius 1 is 1.33 bits per heavy atom. The van der Waals surface area contributed by atoms with E-state index in [0.29, 0.717) is 5.92 Å². The van der Waals surface area contributed by atoms with Crippen molar-refractivity contribution in [3.63, 3.8) is 0 Å². The number of aryl methyl sites for hydroxylation is 1. The highest BCUT2D eigenvalue weighted by Gasteiger charge is 2.26. The zero-order valence-electron chi connectivity index (χ0n) is 15.1. The Hall–Kier alpha value is -2.14. The maximum absolute atomic E-state index is 4.80. The van der Waals surface area contributed by atoms with Crippen LogP contribution in [0.1, 0.15) is 29.3 Å². The van der Waals surface area contributed by atoms with E-state index in [-0.39, 0.29) is 0 Å². The molecule has 5 nitrogen and oxygen atoms in total. The largest absolute Gasteiger partial charge is 0.378 e. The number of rotatable bonds is 5. The van der Waals surface area contributed by atoms with Gasteiger partial charge in [-0.25, -0.2) is 4.98 Å². The molecule has 3 heterocycles. The van der Waals surface area contributed by atoms with Gasteiger partial charge in [0.05, 0.1) is 0 Å². The Balaban J connectivity index is 1.71. The molecule has 0 spiro atoms. The zero-order valence-corrected chi connectivity index (χ0v) is 15.1. The van der Waals surface area contributed by atoms with Crippen LogP contribution in [0.25, 0.3) is 0 Å². The third-order valence-electron chi connectivity index (χ3n) is 4.69. The zero-order chi connectivity index (χ0) is 17.1. The SMILES string of the molecule is CNc1ncccc1CN1CC[C@H](c2cc(N(C)C)cc(C)n2)C1. The highest BCUT2D eigenvalue weighted by molar-refractivity contribution is 5.47. The molecular formula is C19H27N5. The Bertz CT molecular complexity index is 698. The lowest BCUT2D eigenvalue weighted by atomic mass is 10.0. The first-order chi connectivity index (χ1) is 11.6. The van der Waals surface area contributed by atoms with Crippen molar-refractivity contribution in [1.82, 2.24) is 14.9 Å². The second kappa shape index (κ2) is 7.18. The van der Waals surface area contributed by atoms with Gasteiger partial charge in [-0.15, -0.1) is 0 Å². The average Bonchev–Trinajstić information content (AvgIpc) is 3.03. The molecule has 1 aliphatic heterocycles. The van der Waals surface area contributed by atoms with E-state index in [4.69, 9.17) is 4.98 Å². The van der Waals surface area contributed by atoms with Crippen LogP contribution >= 0.6 is 0 Å². The van der Waals surface area contributed by atoms with E-state index < -0.39 is 0 Å². The van der Waals surface area contributed by atoms with Crippen LogP contribution in [0.4, 0.5) is 11.5 Å². The van der Waals surface area contributed by atoms with Gasteiger partial charge in [0.2, 0.25) is 0 Å². The number of nitrogens with one attached hydrogen (secondary N) is 1. The van der Waals surface area contributed by atoms with Crippen molar-refractivity contribution in [1.29, 1.82) is 0 Å². The van der Waals surface area contributed by atoms with Crippen LogP contribution in [-0.4, -0.2) is 49.1 Å². The van der Waals surface area contributed by atoms with E-state index in [9.17, 15) is 0 Å². The fourth-order valence-electron chi connectivity index (χ4n) is 3.39. The molecule has 1 N–H and O–H groups in total. The van der Waals surface area contributed by atoms with E-state index in [1.54, 1.807) is 0 Å². The Morgan fingerprint density at radius 3 is 2.92 bits per heavy atom. The van der Waals surface area contributed by atoms with Crippen molar-refractivity contribution in [3.8, 4) is 0 Å². The van der Waals surface area contributed by atoms with Crippen molar-refractivity contribution in [2.75, 3.05) is 44.4 Å². The standard InChI is InChI=1S/C19H27N5/c1-14-10-17(23(3)4)11-18(22-14)15-7-9-24(12-15)13-16-6-5-8-21-19(16)20-2/h5-6,8,10-11,15H,7,9,12-13H2,1-4H3,(H,20,21)/t15-/m0/s1. The summed E-state index contributed by atoms with van der Waals surface area (Å²) < 4.78 is 0. The van der Waals surface area contributed by atoms with Gasteiger partial charge in [0, 0.05) is 69.0 Å². The first kappa shape index (κ1) is 16.7. The number of aromatic nitrogens is 2. The molecule has 1 saturated heterocycles. The maximum atomic E-state index is 4.80. The average molecular weight is 325 g/mol. The lowest BCUT2D eigenvalue weighted by molar-refractivity contribution is 0.326. The Morgan fingerprint density at radius 2 is 2.17 bits per heavy atom. The van der Waals surface area contributed by atoms with E-state index >= 15 is 0 Å². The summed E-state index contributed by atoms with van der Waals surface area (Å²) in [5, 5.41) is 3.18. The van der Waals surface area contributed by atoms with E-state index in [1.165, 1.54) is 23.4 Å². The molecule has 1 fully saturated rings. The molecule has 2 aromatic heterocycles. The molecule has 0 saturated carbocycles. The van der Waals surface area contributed by atoms with Crippen molar-refractivity contribution in [2.24, 2.45) is 0 Å². The molecule has 0 bridgehead atoms. The van der Waals surface area contributed by atoms with Crippen LogP contribution < -0.4 is 10.2 Å². The molecule has 24 heavy (non-hydrogen) atoms. The van der Waals surface area contributed by atoms with Crippen molar-refractivity contribution < 1.29 is 0 Å². The highest BCUT2D eigenvalue weighted by atomic mass is 15.2. The van der Waals surface area contributed by atoms with Gasteiger partial charge in [-0.2, -0.15) is 0 Å². The molecule has 0 amide bonds. The minimum absolute atomic E-state index is 0.512. The molecule has 0 aromatic carbocycles. The molecule has 5 heteroatoms. The second-order valence-electron chi connectivity index (χ2n) is 6.77.